The second-order valence-corrected chi connectivity index (χ2v) is 6.14. The highest BCUT2D eigenvalue weighted by atomic mass is 16.4. The first kappa shape index (κ1) is 16.2. The highest BCUT2D eigenvalue weighted by Crippen LogP contribution is 2.37. The van der Waals surface area contributed by atoms with Crippen molar-refractivity contribution in [2.75, 3.05) is 11.9 Å². The van der Waals surface area contributed by atoms with Crippen molar-refractivity contribution in [2.45, 2.75) is 25.7 Å². The van der Waals surface area contributed by atoms with Crippen molar-refractivity contribution in [3.63, 3.8) is 0 Å². The van der Waals surface area contributed by atoms with Crippen LogP contribution in [0.15, 0.2) is 24.3 Å². The summed E-state index contributed by atoms with van der Waals surface area (Å²) in [5.41, 5.74) is -0.0717. The Morgan fingerprint density at radius 2 is 1.67 bits per heavy atom. The Morgan fingerprint density at radius 1 is 1.08 bits per heavy atom. The van der Waals surface area contributed by atoms with Gasteiger partial charge >= 0.3 is 0 Å². The third-order valence-corrected chi connectivity index (χ3v) is 4.66. The van der Waals surface area contributed by atoms with Gasteiger partial charge in [-0.05, 0) is 18.9 Å². The molecule has 2 atom stereocenters. The molecule has 1 aliphatic carbocycles. The smallest absolute Gasteiger partial charge is 0.244 e. The summed E-state index contributed by atoms with van der Waals surface area (Å²) in [7, 11) is 0. The average Bonchev–Trinajstić information content (AvgIpc) is 2.80. The molecule has 1 aliphatic heterocycles. The number of hydrogen-bond donors (Lipinski definition) is 1. The lowest BCUT2D eigenvalue weighted by Crippen LogP contribution is -2.38. The van der Waals surface area contributed by atoms with Gasteiger partial charge in [-0.25, -0.2) is 0 Å². The molecule has 7 heteroatoms. The van der Waals surface area contributed by atoms with Gasteiger partial charge in [0.05, 0.1) is 17.8 Å². The fourth-order valence-electron chi connectivity index (χ4n) is 3.49. The second-order valence-electron chi connectivity index (χ2n) is 6.14. The first-order valence-electron chi connectivity index (χ1n) is 7.94. The molecule has 0 radical (unpaired) electrons. The van der Waals surface area contributed by atoms with E-state index in [2.05, 4.69) is 5.32 Å². The average molecular weight is 329 g/mol. The zero-order valence-electron chi connectivity index (χ0n) is 13.0. The number of carbonyl (C=O) groups excluding carboxylic acids is 4. The molecule has 0 unspecified atom stereocenters. The number of rotatable bonds is 4. The number of carbonyl (C=O) groups is 4. The SMILES string of the molecule is O=C(CN1C(=O)[C@H]2CCCC[C@@H]2C1=O)Nc1ccccc1C(=O)[O-]. The maximum absolute atomic E-state index is 12.3. The van der Waals surface area contributed by atoms with Crippen LogP contribution in [0.5, 0.6) is 0 Å². The molecule has 0 spiro atoms. The van der Waals surface area contributed by atoms with Crippen LogP contribution in [-0.2, 0) is 14.4 Å². The summed E-state index contributed by atoms with van der Waals surface area (Å²) in [4.78, 5) is 48.9. The van der Waals surface area contributed by atoms with Crippen LogP contribution >= 0.6 is 0 Å². The van der Waals surface area contributed by atoms with Crippen molar-refractivity contribution in [2.24, 2.45) is 11.8 Å². The van der Waals surface area contributed by atoms with Gasteiger partial charge < -0.3 is 15.2 Å². The molecule has 2 aliphatic rings. The molecule has 126 valence electrons. The van der Waals surface area contributed by atoms with E-state index in [0.29, 0.717) is 12.8 Å². The highest BCUT2D eigenvalue weighted by molar-refractivity contribution is 6.09. The molecule has 3 rings (SSSR count). The fraction of sp³-hybridized carbons (Fsp3) is 0.412. The molecule has 0 bridgehead atoms. The molecule has 2 fully saturated rings. The molecule has 24 heavy (non-hydrogen) atoms. The van der Waals surface area contributed by atoms with Crippen LogP contribution < -0.4 is 10.4 Å². The zero-order valence-corrected chi connectivity index (χ0v) is 13.0. The maximum Gasteiger partial charge on any atom is 0.244 e. The highest BCUT2D eigenvalue weighted by Gasteiger charge is 2.48. The number of nitrogens with zero attached hydrogens (tertiary/aromatic N) is 1. The second kappa shape index (κ2) is 6.43. The number of aromatic carboxylic acids is 1. The summed E-state index contributed by atoms with van der Waals surface area (Å²) >= 11 is 0. The number of nitrogens with one attached hydrogen (secondary N) is 1. The molecule has 1 heterocycles. The quantitative estimate of drug-likeness (QED) is 0.792. The number of likely N-dealkylation sites (tertiary alicyclic amines) is 1. The number of para-hydroxylation sites is 1. The van der Waals surface area contributed by atoms with Crippen LogP contribution in [0.1, 0.15) is 36.0 Å². The van der Waals surface area contributed by atoms with Gasteiger partial charge in [0.2, 0.25) is 17.7 Å². The van der Waals surface area contributed by atoms with Gasteiger partial charge in [-0.3, -0.25) is 19.3 Å². The third-order valence-electron chi connectivity index (χ3n) is 4.66. The van der Waals surface area contributed by atoms with Gasteiger partial charge in [-0.15, -0.1) is 0 Å². The summed E-state index contributed by atoms with van der Waals surface area (Å²) < 4.78 is 0. The van der Waals surface area contributed by atoms with Crippen molar-refractivity contribution in [1.82, 2.24) is 4.90 Å². The van der Waals surface area contributed by atoms with Gasteiger partial charge in [0.15, 0.2) is 0 Å². The van der Waals surface area contributed by atoms with Crippen LogP contribution in [0.2, 0.25) is 0 Å². The van der Waals surface area contributed by atoms with Gasteiger partial charge in [0, 0.05) is 11.3 Å². The maximum atomic E-state index is 12.3. The molecule has 3 amide bonds. The minimum atomic E-state index is -1.41. The van der Waals surface area contributed by atoms with Crippen LogP contribution in [0, 0.1) is 11.8 Å². The first-order chi connectivity index (χ1) is 11.5. The predicted octanol–water partition coefficient (Wildman–Crippen LogP) is 0.164. The lowest BCUT2D eigenvalue weighted by molar-refractivity contribution is -0.254. The van der Waals surface area contributed by atoms with Crippen LogP contribution in [-0.4, -0.2) is 35.1 Å². The Morgan fingerprint density at radius 3 is 2.25 bits per heavy atom. The Kier molecular flexibility index (Phi) is 4.33. The van der Waals surface area contributed by atoms with E-state index in [4.69, 9.17) is 0 Å². The lowest BCUT2D eigenvalue weighted by Gasteiger charge is -2.19. The Balaban J connectivity index is 1.70. The predicted molar refractivity (Wildman–Crippen MR) is 81.6 cm³/mol. The van der Waals surface area contributed by atoms with Gasteiger partial charge in [-0.2, -0.15) is 0 Å². The topological polar surface area (TPSA) is 107 Å². The summed E-state index contributed by atoms with van der Waals surface area (Å²) in [5, 5.41) is 13.5. The normalized spacial score (nSPS) is 23.1. The number of imide groups is 1. The van der Waals surface area contributed by atoms with Gasteiger partial charge in [0.25, 0.3) is 0 Å². The fourth-order valence-corrected chi connectivity index (χ4v) is 3.49. The zero-order chi connectivity index (χ0) is 17.3. The molecule has 1 aromatic rings. The van der Waals surface area contributed by atoms with Crippen molar-refractivity contribution in [1.29, 1.82) is 0 Å². The van der Waals surface area contributed by atoms with Crippen molar-refractivity contribution >= 4 is 29.4 Å². The van der Waals surface area contributed by atoms with E-state index in [-0.39, 0.29) is 34.9 Å². The van der Waals surface area contributed by atoms with E-state index in [9.17, 15) is 24.3 Å². The summed E-state index contributed by atoms with van der Waals surface area (Å²) in [6.45, 7) is -0.397. The standard InChI is InChI=1S/C17H18N2O5/c20-14(18-13-8-4-3-7-12(13)17(23)24)9-19-15(21)10-5-1-2-6-11(10)16(19)22/h3-4,7-8,10-11H,1-2,5-6,9H2,(H,18,20)(H,23,24)/p-1/t10-,11-/m0/s1. The number of fused-ring (bicyclic) bond motifs is 1. The number of hydrogen-bond acceptors (Lipinski definition) is 5. The third kappa shape index (κ3) is 2.89. The van der Waals surface area contributed by atoms with Crippen LogP contribution in [0.25, 0.3) is 0 Å². The number of anilines is 1. The largest absolute Gasteiger partial charge is 0.545 e. The number of amides is 3. The lowest BCUT2D eigenvalue weighted by atomic mass is 9.81. The van der Waals surface area contributed by atoms with Crippen molar-refractivity contribution < 1.29 is 24.3 Å². The first-order valence-corrected chi connectivity index (χ1v) is 7.94. The number of carboxylic acids is 1. The molecular weight excluding hydrogens is 312 g/mol. The minimum Gasteiger partial charge on any atom is -0.545 e. The van der Waals surface area contributed by atoms with E-state index < -0.39 is 18.4 Å². The number of carboxylic acid groups (broad SMARTS) is 1. The molecule has 1 saturated heterocycles. The van der Waals surface area contributed by atoms with Crippen molar-refractivity contribution in [3.8, 4) is 0 Å². The molecule has 1 saturated carbocycles. The molecule has 1 N–H and O–H groups in total. The van der Waals surface area contributed by atoms with E-state index in [1.807, 2.05) is 0 Å². The van der Waals surface area contributed by atoms with Crippen molar-refractivity contribution in [3.05, 3.63) is 29.8 Å². The van der Waals surface area contributed by atoms with E-state index in [1.165, 1.54) is 18.2 Å². The van der Waals surface area contributed by atoms with Crippen LogP contribution in [0.4, 0.5) is 5.69 Å². The molecular formula is C17H17N2O5-. The minimum absolute atomic E-state index is 0.0824. The Bertz CT molecular complexity index is 691. The summed E-state index contributed by atoms with van der Waals surface area (Å²) in [5.74, 6) is -3.24. The summed E-state index contributed by atoms with van der Waals surface area (Å²) in [6, 6.07) is 5.82. The number of benzene rings is 1. The molecule has 1 aromatic carbocycles. The van der Waals surface area contributed by atoms with E-state index in [0.717, 1.165) is 17.7 Å². The molecule has 0 aromatic heterocycles. The van der Waals surface area contributed by atoms with Gasteiger partial charge in [-0.1, -0.05) is 31.0 Å². The van der Waals surface area contributed by atoms with Crippen LogP contribution in [0.3, 0.4) is 0 Å². The summed E-state index contributed by atoms with van der Waals surface area (Å²) in [6.07, 6.45) is 3.19. The monoisotopic (exact) mass is 329 g/mol. The van der Waals surface area contributed by atoms with E-state index >= 15 is 0 Å². The Labute approximate surface area is 138 Å². The van der Waals surface area contributed by atoms with E-state index in [1.54, 1.807) is 6.07 Å². The van der Waals surface area contributed by atoms with Gasteiger partial charge in [0.1, 0.15) is 6.54 Å². The molecule has 7 nitrogen and oxygen atoms in total. The Hall–Kier alpha value is -2.70.